The van der Waals surface area contributed by atoms with Crippen LogP contribution in [-0.2, 0) is 13.0 Å². The Kier molecular flexibility index (Phi) is 4.93. The summed E-state index contributed by atoms with van der Waals surface area (Å²) in [5.41, 5.74) is 7.62. The number of ether oxygens (including phenoxy) is 1. The van der Waals surface area contributed by atoms with Crippen molar-refractivity contribution >= 4 is 15.9 Å². The van der Waals surface area contributed by atoms with Crippen molar-refractivity contribution in [3.63, 3.8) is 0 Å². The van der Waals surface area contributed by atoms with Gasteiger partial charge in [0.15, 0.2) is 0 Å². The molecule has 0 aliphatic carbocycles. The third-order valence-electron chi connectivity index (χ3n) is 2.75. The topological polar surface area (TPSA) is 35.2 Å². The summed E-state index contributed by atoms with van der Waals surface area (Å²) in [6.07, 6.45) is 0.800. The lowest BCUT2D eigenvalue weighted by Crippen LogP contribution is -2.04. The highest BCUT2D eigenvalue weighted by Crippen LogP contribution is 2.23. The van der Waals surface area contributed by atoms with Crippen LogP contribution in [-0.4, -0.2) is 6.54 Å². The maximum absolute atomic E-state index is 12.8. The Hall–Kier alpha value is -1.39. The van der Waals surface area contributed by atoms with Gasteiger partial charge in [-0.15, -0.1) is 0 Å². The predicted octanol–water partition coefficient (Wildman–Crippen LogP) is 3.67. The monoisotopic (exact) mass is 323 g/mol. The lowest BCUT2D eigenvalue weighted by molar-refractivity contribution is 0.305. The maximum atomic E-state index is 12.8. The molecule has 0 atom stereocenters. The van der Waals surface area contributed by atoms with Gasteiger partial charge >= 0.3 is 0 Å². The number of hydrogen-bond acceptors (Lipinski definition) is 2. The predicted molar refractivity (Wildman–Crippen MR) is 77.6 cm³/mol. The van der Waals surface area contributed by atoms with Crippen LogP contribution in [0.3, 0.4) is 0 Å². The van der Waals surface area contributed by atoms with Crippen molar-refractivity contribution in [1.82, 2.24) is 0 Å². The first-order valence-corrected chi connectivity index (χ1v) is 6.84. The van der Waals surface area contributed by atoms with Crippen LogP contribution >= 0.6 is 15.9 Å². The smallest absolute Gasteiger partial charge is 0.123 e. The molecule has 0 amide bonds. The molecule has 0 spiro atoms. The molecule has 2 aromatic carbocycles. The summed E-state index contributed by atoms with van der Waals surface area (Å²) in [6.45, 7) is 1.02. The van der Waals surface area contributed by atoms with Gasteiger partial charge in [-0.05, 0) is 54.4 Å². The molecule has 0 aliphatic heterocycles. The van der Waals surface area contributed by atoms with Crippen molar-refractivity contribution in [2.75, 3.05) is 6.54 Å². The quantitative estimate of drug-likeness (QED) is 0.911. The zero-order valence-corrected chi connectivity index (χ0v) is 12.0. The number of benzene rings is 2. The van der Waals surface area contributed by atoms with E-state index in [0.29, 0.717) is 13.2 Å². The molecule has 19 heavy (non-hydrogen) atoms. The van der Waals surface area contributed by atoms with Gasteiger partial charge in [0.2, 0.25) is 0 Å². The summed E-state index contributed by atoms with van der Waals surface area (Å²) < 4.78 is 19.5. The zero-order chi connectivity index (χ0) is 13.7. The van der Waals surface area contributed by atoms with Crippen LogP contribution in [0.4, 0.5) is 4.39 Å². The largest absolute Gasteiger partial charge is 0.489 e. The minimum absolute atomic E-state index is 0.238. The van der Waals surface area contributed by atoms with Crippen LogP contribution in [0.5, 0.6) is 5.75 Å². The fourth-order valence-electron chi connectivity index (χ4n) is 1.74. The summed E-state index contributed by atoms with van der Waals surface area (Å²) in [5, 5.41) is 0. The minimum Gasteiger partial charge on any atom is -0.489 e. The number of hydrogen-bond donors (Lipinski definition) is 1. The molecule has 0 fully saturated rings. The van der Waals surface area contributed by atoms with Gasteiger partial charge in [0.25, 0.3) is 0 Å². The van der Waals surface area contributed by atoms with E-state index < -0.39 is 0 Å². The fourth-order valence-corrected chi connectivity index (χ4v) is 2.18. The van der Waals surface area contributed by atoms with E-state index in [4.69, 9.17) is 10.5 Å². The van der Waals surface area contributed by atoms with Crippen molar-refractivity contribution < 1.29 is 9.13 Å². The molecule has 4 heteroatoms. The number of nitrogens with two attached hydrogens (primary N) is 1. The van der Waals surface area contributed by atoms with Gasteiger partial charge in [-0.25, -0.2) is 4.39 Å². The van der Waals surface area contributed by atoms with Crippen LogP contribution in [0.2, 0.25) is 0 Å². The molecule has 2 rings (SSSR count). The van der Waals surface area contributed by atoms with Gasteiger partial charge in [-0.2, -0.15) is 0 Å². The Morgan fingerprint density at radius 1 is 1.11 bits per heavy atom. The third kappa shape index (κ3) is 4.04. The number of rotatable bonds is 5. The summed E-state index contributed by atoms with van der Waals surface area (Å²) in [5.74, 6) is 0.550. The van der Waals surface area contributed by atoms with Crippen molar-refractivity contribution in [1.29, 1.82) is 0 Å². The summed E-state index contributed by atoms with van der Waals surface area (Å²) in [7, 11) is 0. The Balaban J connectivity index is 2.03. The second-order valence-corrected chi connectivity index (χ2v) is 5.06. The lowest BCUT2D eigenvalue weighted by atomic mass is 10.1. The Labute approximate surface area is 120 Å². The van der Waals surface area contributed by atoms with Gasteiger partial charge in [-0.1, -0.05) is 28.1 Å². The highest BCUT2D eigenvalue weighted by Gasteiger charge is 2.02. The van der Waals surface area contributed by atoms with E-state index in [0.717, 1.165) is 27.8 Å². The molecule has 2 nitrogen and oxygen atoms in total. The van der Waals surface area contributed by atoms with Crippen LogP contribution in [0, 0.1) is 5.82 Å². The average Bonchev–Trinajstić information content (AvgIpc) is 2.42. The standard InChI is InChI=1S/C15H15BrFNO/c16-15-6-5-14(9-12(15)7-8-18)19-10-11-1-3-13(17)4-2-11/h1-6,9H,7-8,10,18H2. The molecule has 0 radical (unpaired) electrons. The molecule has 0 saturated heterocycles. The SMILES string of the molecule is NCCc1cc(OCc2ccc(F)cc2)ccc1Br. The number of halogens is 2. The Morgan fingerprint density at radius 2 is 1.84 bits per heavy atom. The van der Waals surface area contributed by atoms with Crippen LogP contribution in [0.25, 0.3) is 0 Å². The first-order valence-electron chi connectivity index (χ1n) is 6.05. The molecule has 0 aromatic heterocycles. The summed E-state index contributed by atoms with van der Waals surface area (Å²) >= 11 is 3.48. The fraction of sp³-hybridized carbons (Fsp3) is 0.200. The second kappa shape index (κ2) is 6.68. The van der Waals surface area contributed by atoms with Crippen LogP contribution in [0.15, 0.2) is 46.9 Å². The average molecular weight is 324 g/mol. The summed E-state index contributed by atoms with van der Waals surface area (Å²) in [4.78, 5) is 0. The third-order valence-corrected chi connectivity index (χ3v) is 3.52. The normalized spacial score (nSPS) is 10.5. The van der Waals surface area contributed by atoms with E-state index in [-0.39, 0.29) is 5.82 Å². The second-order valence-electron chi connectivity index (χ2n) is 4.21. The molecule has 0 aliphatic rings. The molecular weight excluding hydrogens is 309 g/mol. The van der Waals surface area contributed by atoms with E-state index in [9.17, 15) is 4.39 Å². The lowest BCUT2D eigenvalue weighted by Gasteiger charge is -2.09. The van der Waals surface area contributed by atoms with Crippen molar-refractivity contribution in [2.45, 2.75) is 13.0 Å². The van der Waals surface area contributed by atoms with E-state index in [1.54, 1.807) is 12.1 Å². The zero-order valence-electron chi connectivity index (χ0n) is 10.4. The minimum atomic E-state index is -0.238. The Morgan fingerprint density at radius 3 is 2.53 bits per heavy atom. The first-order chi connectivity index (χ1) is 9.19. The maximum Gasteiger partial charge on any atom is 0.123 e. The molecule has 0 heterocycles. The van der Waals surface area contributed by atoms with Gasteiger partial charge in [0, 0.05) is 4.47 Å². The van der Waals surface area contributed by atoms with E-state index >= 15 is 0 Å². The molecule has 2 aromatic rings. The van der Waals surface area contributed by atoms with Gasteiger partial charge < -0.3 is 10.5 Å². The first kappa shape index (κ1) is 14.0. The molecule has 2 N–H and O–H groups in total. The van der Waals surface area contributed by atoms with E-state index in [1.165, 1.54) is 12.1 Å². The van der Waals surface area contributed by atoms with Crippen molar-refractivity contribution in [3.05, 3.63) is 63.9 Å². The van der Waals surface area contributed by atoms with Crippen LogP contribution in [0.1, 0.15) is 11.1 Å². The van der Waals surface area contributed by atoms with Crippen LogP contribution < -0.4 is 10.5 Å². The van der Waals surface area contributed by atoms with Crippen molar-refractivity contribution in [2.24, 2.45) is 5.73 Å². The highest BCUT2D eigenvalue weighted by molar-refractivity contribution is 9.10. The summed E-state index contributed by atoms with van der Waals surface area (Å²) in [6, 6.07) is 12.1. The van der Waals surface area contributed by atoms with E-state index in [1.807, 2.05) is 18.2 Å². The molecular formula is C15H15BrFNO. The molecule has 100 valence electrons. The molecule has 0 saturated carbocycles. The van der Waals surface area contributed by atoms with Gasteiger partial charge in [0.1, 0.15) is 18.2 Å². The Bertz CT molecular complexity index is 542. The van der Waals surface area contributed by atoms with Gasteiger partial charge in [0.05, 0.1) is 0 Å². The van der Waals surface area contributed by atoms with Gasteiger partial charge in [-0.3, -0.25) is 0 Å². The van der Waals surface area contributed by atoms with E-state index in [2.05, 4.69) is 15.9 Å². The molecule has 0 unspecified atom stereocenters. The highest BCUT2D eigenvalue weighted by atomic mass is 79.9. The molecule has 0 bridgehead atoms. The van der Waals surface area contributed by atoms with Crippen molar-refractivity contribution in [3.8, 4) is 5.75 Å².